The summed E-state index contributed by atoms with van der Waals surface area (Å²) in [4.78, 5) is 14.5. The third kappa shape index (κ3) is 4.95. The van der Waals surface area contributed by atoms with Crippen LogP contribution >= 0.6 is 22.9 Å². The summed E-state index contributed by atoms with van der Waals surface area (Å²) in [6.07, 6.45) is 5.99. The Morgan fingerprint density at radius 3 is 2.77 bits per heavy atom. The molecule has 26 heavy (non-hydrogen) atoms. The minimum absolute atomic E-state index is 0.0138. The number of hydrogen-bond acceptors (Lipinski definition) is 4. The zero-order valence-electron chi connectivity index (χ0n) is 15.2. The van der Waals surface area contributed by atoms with Crippen LogP contribution in [0.5, 0.6) is 0 Å². The minimum atomic E-state index is -0.0894. The van der Waals surface area contributed by atoms with Gasteiger partial charge < -0.3 is 10.2 Å². The van der Waals surface area contributed by atoms with Gasteiger partial charge in [0.25, 0.3) is 0 Å². The van der Waals surface area contributed by atoms with Crippen molar-refractivity contribution in [2.24, 2.45) is 5.92 Å². The summed E-state index contributed by atoms with van der Waals surface area (Å²) < 4.78 is 0. The Bertz CT molecular complexity index is 745. The molecule has 0 saturated heterocycles. The number of amides is 2. The van der Waals surface area contributed by atoms with E-state index in [2.05, 4.69) is 21.6 Å². The predicted octanol–water partition coefficient (Wildman–Crippen LogP) is 4.96. The normalized spacial score (nSPS) is 16.3. The van der Waals surface area contributed by atoms with Gasteiger partial charge in [0.2, 0.25) is 0 Å². The molecule has 0 spiro atoms. The molecule has 3 rings (SSSR count). The Hall–Kier alpha value is -1.66. The topological polar surface area (TPSA) is 58.1 Å². The number of benzene rings is 1. The van der Waals surface area contributed by atoms with E-state index in [-0.39, 0.29) is 12.1 Å². The Kier molecular flexibility index (Phi) is 6.48. The van der Waals surface area contributed by atoms with E-state index in [1.54, 1.807) is 11.9 Å². The minimum Gasteiger partial charge on any atom is -0.331 e. The van der Waals surface area contributed by atoms with Crippen molar-refractivity contribution < 1.29 is 4.79 Å². The molecule has 1 aromatic carbocycles. The van der Waals surface area contributed by atoms with Gasteiger partial charge in [-0.1, -0.05) is 54.3 Å². The highest BCUT2D eigenvalue weighted by Crippen LogP contribution is 2.35. The van der Waals surface area contributed by atoms with Crippen molar-refractivity contribution in [3.63, 3.8) is 0 Å². The van der Waals surface area contributed by atoms with Crippen LogP contribution in [0.25, 0.3) is 0 Å². The van der Waals surface area contributed by atoms with Crippen LogP contribution in [0.2, 0.25) is 5.02 Å². The zero-order valence-corrected chi connectivity index (χ0v) is 16.8. The standard InChI is InChI=1S/C19H25ClN4OS/c1-13-22-23-17(26-13)12-24(2)19(25)21-18(14-7-4-3-5-8-14)15-9-6-10-16(20)11-15/h6,9-11,14,18H,3-5,7-8,12H2,1-2H3,(H,21,25). The fourth-order valence-corrected chi connectivity index (χ4v) is 4.52. The van der Waals surface area contributed by atoms with E-state index in [1.165, 1.54) is 30.6 Å². The highest BCUT2D eigenvalue weighted by atomic mass is 35.5. The van der Waals surface area contributed by atoms with Crippen LogP contribution in [0.3, 0.4) is 0 Å². The second-order valence-electron chi connectivity index (χ2n) is 6.95. The van der Waals surface area contributed by atoms with E-state index in [0.29, 0.717) is 17.5 Å². The van der Waals surface area contributed by atoms with E-state index in [4.69, 9.17) is 11.6 Å². The molecule has 1 saturated carbocycles. The number of aromatic nitrogens is 2. The Labute approximate surface area is 163 Å². The number of urea groups is 1. The van der Waals surface area contributed by atoms with Crippen molar-refractivity contribution in [3.8, 4) is 0 Å². The van der Waals surface area contributed by atoms with Crippen LogP contribution in [0.15, 0.2) is 24.3 Å². The Morgan fingerprint density at radius 2 is 2.12 bits per heavy atom. The van der Waals surface area contributed by atoms with Gasteiger partial charge in [0.1, 0.15) is 10.0 Å². The van der Waals surface area contributed by atoms with Crippen molar-refractivity contribution in [1.82, 2.24) is 20.4 Å². The van der Waals surface area contributed by atoms with Crippen LogP contribution in [-0.2, 0) is 6.54 Å². The monoisotopic (exact) mass is 392 g/mol. The molecule has 7 heteroatoms. The van der Waals surface area contributed by atoms with E-state index in [0.717, 1.165) is 28.4 Å². The highest BCUT2D eigenvalue weighted by molar-refractivity contribution is 7.11. The second kappa shape index (κ2) is 8.82. The molecule has 1 unspecified atom stereocenters. The summed E-state index contributed by atoms with van der Waals surface area (Å²) in [5.74, 6) is 0.448. The van der Waals surface area contributed by atoms with Gasteiger partial charge in [-0.15, -0.1) is 10.2 Å². The van der Waals surface area contributed by atoms with Gasteiger partial charge >= 0.3 is 6.03 Å². The average molecular weight is 393 g/mol. The maximum atomic E-state index is 12.8. The van der Waals surface area contributed by atoms with Crippen molar-refractivity contribution in [2.75, 3.05) is 7.05 Å². The van der Waals surface area contributed by atoms with Crippen LogP contribution in [-0.4, -0.2) is 28.2 Å². The van der Waals surface area contributed by atoms with Gasteiger partial charge in [0, 0.05) is 12.1 Å². The molecular weight excluding hydrogens is 368 g/mol. The first-order chi connectivity index (χ1) is 12.5. The van der Waals surface area contributed by atoms with E-state index < -0.39 is 0 Å². The first-order valence-electron chi connectivity index (χ1n) is 9.09. The van der Waals surface area contributed by atoms with E-state index in [9.17, 15) is 4.79 Å². The molecule has 1 heterocycles. The van der Waals surface area contributed by atoms with Gasteiger partial charge in [-0.3, -0.25) is 0 Å². The molecule has 0 aliphatic heterocycles. The van der Waals surface area contributed by atoms with Gasteiger partial charge in [0.15, 0.2) is 0 Å². The zero-order chi connectivity index (χ0) is 18.5. The lowest BCUT2D eigenvalue weighted by Crippen LogP contribution is -2.41. The van der Waals surface area contributed by atoms with Gasteiger partial charge in [-0.25, -0.2) is 4.79 Å². The van der Waals surface area contributed by atoms with E-state index >= 15 is 0 Å². The molecule has 1 aliphatic rings. The summed E-state index contributed by atoms with van der Waals surface area (Å²) in [6.45, 7) is 2.38. The summed E-state index contributed by atoms with van der Waals surface area (Å²) in [6, 6.07) is 7.74. The molecule has 140 valence electrons. The van der Waals surface area contributed by atoms with Crippen molar-refractivity contribution >= 4 is 29.0 Å². The molecule has 1 aliphatic carbocycles. The average Bonchev–Trinajstić information content (AvgIpc) is 3.05. The third-order valence-corrected chi connectivity index (χ3v) is 5.95. The van der Waals surface area contributed by atoms with Gasteiger partial charge in [0.05, 0.1) is 12.6 Å². The number of carbonyl (C=O) groups excluding carboxylic acids is 1. The SMILES string of the molecule is Cc1nnc(CN(C)C(=O)NC(c2cccc(Cl)c2)C2CCCCC2)s1. The number of hydrogen-bond donors (Lipinski definition) is 1. The summed E-state index contributed by atoms with van der Waals surface area (Å²) in [7, 11) is 1.79. The number of halogens is 1. The number of carbonyl (C=O) groups is 1. The number of nitrogens with one attached hydrogen (secondary N) is 1. The lowest BCUT2D eigenvalue weighted by atomic mass is 9.81. The number of nitrogens with zero attached hydrogens (tertiary/aromatic N) is 3. The molecule has 1 fully saturated rings. The summed E-state index contributed by atoms with van der Waals surface area (Å²) >= 11 is 7.72. The van der Waals surface area contributed by atoms with Crippen molar-refractivity contribution in [3.05, 3.63) is 44.9 Å². The molecule has 2 aromatic rings. The van der Waals surface area contributed by atoms with Crippen molar-refractivity contribution in [2.45, 2.75) is 51.6 Å². The first-order valence-corrected chi connectivity index (χ1v) is 10.3. The van der Waals surface area contributed by atoms with Crippen LogP contribution in [0.1, 0.15) is 53.7 Å². The highest BCUT2D eigenvalue weighted by Gasteiger charge is 2.27. The summed E-state index contributed by atoms with van der Waals surface area (Å²) in [5, 5.41) is 13.8. The Morgan fingerprint density at radius 1 is 1.35 bits per heavy atom. The number of rotatable bonds is 5. The fraction of sp³-hybridized carbons (Fsp3) is 0.526. The molecule has 0 radical (unpaired) electrons. The van der Waals surface area contributed by atoms with E-state index in [1.807, 2.05) is 25.1 Å². The maximum Gasteiger partial charge on any atom is 0.318 e. The molecule has 1 atom stereocenters. The maximum absolute atomic E-state index is 12.8. The third-order valence-electron chi connectivity index (χ3n) is 4.90. The smallest absolute Gasteiger partial charge is 0.318 e. The Balaban J connectivity index is 1.72. The van der Waals surface area contributed by atoms with Crippen LogP contribution < -0.4 is 5.32 Å². The molecular formula is C19H25ClN4OS. The second-order valence-corrected chi connectivity index (χ2v) is 8.65. The van der Waals surface area contributed by atoms with Gasteiger partial charge in [-0.2, -0.15) is 0 Å². The van der Waals surface area contributed by atoms with Crippen molar-refractivity contribution in [1.29, 1.82) is 0 Å². The molecule has 5 nitrogen and oxygen atoms in total. The fourth-order valence-electron chi connectivity index (χ4n) is 3.56. The lowest BCUT2D eigenvalue weighted by Gasteiger charge is -2.32. The lowest BCUT2D eigenvalue weighted by molar-refractivity contribution is 0.190. The summed E-state index contributed by atoms with van der Waals surface area (Å²) in [5.41, 5.74) is 1.08. The molecule has 2 amide bonds. The van der Waals surface area contributed by atoms with Gasteiger partial charge in [-0.05, 0) is 43.4 Å². The van der Waals surface area contributed by atoms with Crippen LogP contribution in [0.4, 0.5) is 4.79 Å². The first kappa shape index (κ1) is 19.1. The van der Waals surface area contributed by atoms with Crippen LogP contribution in [0, 0.1) is 12.8 Å². The number of aryl methyl sites for hydroxylation is 1. The quantitative estimate of drug-likeness (QED) is 0.781. The molecule has 0 bridgehead atoms. The molecule has 1 aromatic heterocycles. The largest absolute Gasteiger partial charge is 0.331 e. The molecule has 1 N–H and O–H groups in total. The predicted molar refractivity (Wildman–Crippen MR) is 105 cm³/mol.